The number of rotatable bonds is 5. The van der Waals surface area contributed by atoms with E-state index in [-0.39, 0.29) is 4.87 Å². The van der Waals surface area contributed by atoms with Crippen molar-refractivity contribution in [1.82, 2.24) is 0 Å². The number of hydrogen-bond acceptors (Lipinski definition) is 2. The molecule has 0 rings (SSSR count). The molecule has 0 aromatic heterocycles. The van der Waals surface area contributed by atoms with E-state index in [0.29, 0.717) is 0 Å². The van der Waals surface area contributed by atoms with Crippen LogP contribution in [0.25, 0.3) is 0 Å². The van der Waals surface area contributed by atoms with Crippen molar-refractivity contribution in [2.75, 3.05) is 0 Å². The van der Waals surface area contributed by atoms with Crippen LogP contribution in [0.2, 0.25) is 0 Å². The molecule has 0 spiro atoms. The van der Waals surface area contributed by atoms with Crippen LogP contribution in [0.1, 0.15) is 26.7 Å². The van der Waals surface area contributed by atoms with Gasteiger partial charge in [0.15, 0.2) is 0 Å². The van der Waals surface area contributed by atoms with Crippen LogP contribution in [0.15, 0.2) is 12.7 Å². The van der Waals surface area contributed by atoms with Crippen molar-refractivity contribution in [1.29, 1.82) is 0 Å². The molecular formula is C8H16NS. The first-order chi connectivity index (χ1) is 4.62. The van der Waals surface area contributed by atoms with E-state index in [9.17, 15) is 0 Å². The second kappa shape index (κ2) is 4.80. The fraction of sp³-hybridized carbons (Fsp3) is 0.625. The van der Waals surface area contributed by atoms with Gasteiger partial charge in [0.1, 0.15) is 0 Å². The summed E-state index contributed by atoms with van der Waals surface area (Å²) in [5.41, 5.74) is 5.90. The highest BCUT2D eigenvalue weighted by Crippen LogP contribution is 2.26. The first-order valence-electron chi connectivity index (χ1n) is 3.53. The van der Waals surface area contributed by atoms with Crippen LogP contribution in [-0.2, 0) is 0 Å². The molecular weight excluding hydrogens is 142 g/mol. The van der Waals surface area contributed by atoms with Gasteiger partial charge in [-0.2, -0.15) is 0 Å². The Labute approximate surface area is 68.1 Å². The maximum absolute atomic E-state index is 5.90. The monoisotopic (exact) mass is 158 g/mol. The van der Waals surface area contributed by atoms with Crippen LogP contribution >= 0.6 is 11.8 Å². The molecule has 1 unspecified atom stereocenters. The summed E-state index contributed by atoms with van der Waals surface area (Å²) in [4.78, 5) is -0.108. The van der Waals surface area contributed by atoms with Crippen LogP contribution in [0.5, 0.6) is 0 Å². The molecule has 0 aliphatic rings. The van der Waals surface area contributed by atoms with Gasteiger partial charge in [-0.25, -0.2) is 0 Å². The molecule has 1 radical (unpaired) electrons. The average Bonchev–Trinajstić information content (AvgIpc) is 1.84. The summed E-state index contributed by atoms with van der Waals surface area (Å²) in [6.07, 6.45) is 3.94. The Kier molecular flexibility index (Phi) is 4.83. The minimum Gasteiger partial charge on any atom is -0.317 e. The Balaban J connectivity index is 3.51. The SMILES string of the molecule is C=C[CH]SC(C)(N)CCC. The number of hydrogen-bond donors (Lipinski definition) is 1. The molecule has 1 nitrogen and oxygen atoms in total. The minimum atomic E-state index is -0.108. The van der Waals surface area contributed by atoms with E-state index >= 15 is 0 Å². The zero-order valence-corrected chi connectivity index (χ0v) is 7.58. The highest BCUT2D eigenvalue weighted by molar-refractivity contribution is 8.02. The van der Waals surface area contributed by atoms with Crippen molar-refractivity contribution < 1.29 is 0 Å². The summed E-state index contributed by atoms with van der Waals surface area (Å²) in [5.74, 6) is 1.94. The van der Waals surface area contributed by atoms with Crippen molar-refractivity contribution >= 4 is 11.8 Å². The second-order valence-electron chi connectivity index (χ2n) is 2.55. The van der Waals surface area contributed by atoms with Gasteiger partial charge < -0.3 is 5.73 Å². The Morgan fingerprint density at radius 3 is 2.70 bits per heavy atom. The Morgan fingerprint density at radius 1 is 1.70 bits per heavy atom. The summed E-state index contributed by atoms with van der Waals surface area (Å²) < 4.78 is 0. The lowest BCUT2D eigenvalue weighted by Crippen LogP contribution is -2.31. The third kappa shape index (κ3) is 4.89. The molecule has 0 aliphatic heterocycles. The Hall–Kier alpha value is 0.0500. The van der Waals surface area contributed by atoms with Gasteiger partial charge in [0, 0.05) is 5.75 Å². The average molecular weight is 158 g/mol. The smallest absolute Gasteiger partial charge is 0.0598 e. The lowest BCUT2D eigenvalue weighted by Gasteiger charge is -2.21. The third-order valence-electron chi connectivity index (χ3n) is 1.18. The quantitative estimate of drug-likeness (QED) is 0.622. The molecule has 10 heavy (non-hydrogen) atoms. The molecule has 0 aliphatic carbocycles. The van der Waals surface area contributed by atoms with Gasteiger partial charge >= 0.3 is 0 Å². The summed E-state index contributed by atoms with van der Waals surface area (Å²) in [6, 6.07) is 0. The zero-order valence-electron chi connectivity index (χ0n) is 6.76. The summed E-state index contributed by atoms with van der Waals surface area (Å²) >= 11 is 1.64. The van der Waals surface area contributed by atoms with E-state index in [1.165, 1.54) is 0 Å². The van der Waals surface area contributed by atoms with Crippen LogP contribution in [0, 0.1) is 5.75 Å². The number of thioether (sulfide) groups is 1. The second-order valence-corrected chi connectivity index (χ2v) is 3.99. The largest absolute Gasteiger partial charge is 0.317 e. The highest BCUT2D eigenvalue weighted by Gasteiger charge is 2.15. The van der Waals surface area contributed by atoms with Crippen LogP contribution in [-0.4, -0.2) is 4.87 Å². The van der Waals surface area contributed by atoms with Crippen molar-refractivity contribution in [2.24, 2.45) is 5.73 Å². The molecule has 2 heteroatoms. The lowest BCUT2D eigenvalue weighted by atomic mass is 10.2. The Bertz CT molecular complexity index is 99.4. The molecule has 0 fully saturated rings. The van der Waals surface area contributed by atoms with E-state index in [4.69, 9.17) is 5.73 Å². The Morgan fingerprint density at radius 2 is 2.30 bits per heavy atom. The zero-order chi connectivity index (χ0) is 8.04. The maximum Gasteiger partial charge on any atom is 0.0598 e. The first kappa shape index (κ1) is 10.0. The molecule has 0 aromatic carbocycles. The third-order valence-corrected chi connectivity index (χ3v) is 2.25. The molecule has 0 amide bonds. The van der Waals surface area contributed by atoms with Gasteiger partial charge in [-0.1, -0.05) is 19.4 Å². The van der Waals surface area contributed by atoms with E-state index in [2.05, 4.69) is 13.5 Å². The fourth-order valence-electron chi connectivity index (χ4n) is 0.759. The van der Waals surface area contributed by atoms with Crippen molar-refractivity contribution in [3.8, 4) is 0 Å². The fourth-order valence-corrected chi connectivity index (χ4v) is 1.49. The molecule has 1 atom stereocenters. The first-order valence-corrected chi connectivity index (χ1v) is 4.41. The van der Waals surface area contributed by atoms with Gasteiger partial charge in [-0.05, 0) is 13.3 Å². The summed E-state index contributed by atoms with van der Waals surface area (Å²) in [6.45, 7) is 7.77. The number of nitrogens with two attached hydrogens (primary N) is 1. The minimum absolute atomic E-state index is 0.108. The highest BCUT2D eigenvalue weighted by atomic mass is 32.2. The van der Waals surface area contributed by atoms with Crippen molar-refractivity contribution in [2.45, 2.75) is 31.6 Å². The van der Waals surface area contributed by atoms with Gasteiger partial charge in [0.05, 0.1) is 4.87 Å². The summed E-state index contributed by atoms with van der Waals surface area (Å²) in [7, 11) is 0. The van der Waals surface area contributed by atoms with E-state index in [1.807, 2.05) is 12.7 Å². The van der Waals surface area contributed by atoms with Crippen molar-refractivity contribution in [3.63, 3.8) is 0 Å². The van der Waals surface area contributed by atoms with E-state index in [0.717, 1.165) is 12.8 Å². The normalized spacial score (nSPS) is 16.3. The van der Waals surface area contributed by atoms with Gasteiger partial charge in [-0.15, -0.1) is 18.3 Å². The van der Waals surface area contributed by atoms with Crippen LogP contribution in [0.4, 0.5) is 0 Å². The molecule has 0 heterocycles. The topological polar surface area (TPSA) is 26.0 Å². The van der Waals surface area contributed by atoms with Gasteiger partial charge in [0.2, 0.25) is 0 Å². The predicted molar refractivity (Wildman–Crippen MR) is 49.6 cm³/mol. The molecule has 59 valence electrons. The van der Waals surface area contributed by atoms with Crippen LogP contribution in [0.3, 0.4) is 0 Å². The van der Waals surface area contributed by atoms with Crippen LogP contribution < -0.4 is 5.73 Å². The van der Waals surface area contributed by atoms with Gasteiger partial charge in [0.25, 0.3) is 0 Å². The lowest BCUT2D eigenvalue weighted by molar-refractivity contribution is 0.602. The predicted octanol–water partition coefficient (Wildman–Crippen LogP) is 2.54. The van der Waals surface area contributed by atoms with E-state index in [1.54, 1.807) is 17.8 Å². The molecule has 0 saturated carbocycles. The van der Waals surface area contributed by atoms with Gasteiger partial charge in [-0.3, -0.25) is 0 Å². The summed E-state index contributed by atoms with van der Waals surface area (Å²) in [5, 5.41) is 0. The molecule has 0 bridgehead atoms. The maximum atomic E-state index is 5.90. The van der Waals surface area contributed by atoms with E-state index < -0.39 is 0 Å². The standard InChI is InChI=1S/C8H16NS/c1-4-6-8(3,9)10-7-5-2/h5,7H,2,4,6,9H2,1,3H3. The molecule has 0 saturated heterocycles. The molecule has 0 aromatic rings. The van der Waals surface area contributed by atoms with Crippen molar-refractivity contribution in [3.05, 3.63) is 18.4 Å². The molecule has 2 N–H and O–H groups in total.